The van der Waals surface area contributed by atoms with E-state index in [9.17, 15) is 4.79 Å². The number of pyridine rings is 1. The second-order valence-corrected chi connectivity index (χ2v) is 10.4. The topological polar surface area (TPSA) is 75.4 Å². The lowest BCUT2D eigenvalue weighted by atomic mass is 9.87. The lowest BCUT2D eigenvalue weighted by Crippen LogP contribution is -2.35. The van der Waals surface area contributed by atoms with Crippen LogP contribution in [0.2, 0.25) is 0 Å². The normalized spacial score (nSPS) is 14.9. The van der Waals surface area contributed by atoms with Crippen LogP contribution in [0.3, 0.4) is 0 Å². The van der Waals surface area contributed by atoms with Gasteiger partial charge in [0.05, 0.1) is 6.20 Å². The summed E-state index contributed by atoms with van der Waals surface area (Å²) in [5.74, 6) is 1.94. The molecule has 35 heavy (non-hydrogen) atoms. The maximum absolute atomic E-state index is 12.7. The molecule has 1 fully saturated rings. The van der Waals surface area contributed by atoms with Gasteiger partial charge in [0.2, 0.25) is 0 Å². The molecule has 0 radical (unpaired) electrons. The number of nitrogens with zero attached hydrogens (tertiary/aromatic N) is 5. The summed E-state index contributed by atoms with van der Waals surface area (Å²) in [5.41, 5.74) is 3.92. The maximum Gasteiger partial charge on any atom is 0.256 e. The zero-order valence-electron chi connectivity index (χ0n) is 20.6. The Hall–Kier alpha value is -3.74. The van der Waals surface area contributed by atoms with Crippen LogP contribution in [0.25, 0.3) is 5.65 Å². The van der Waals surface area contributed by atoms with E-state index in [-0.39, 0.29) is 11.3 Å². The van der Waals surface area contributed by atoms with Gasteiger partial charge in [0.25, 0.3) is 5.91 Å². The zero-order valence-corrected chi connectivity index (χ0v) is 20.6. The molecule has 180 valence electrons. The van der Waals surface area contributed by atoms with E-state index in [0.29, 0.717) is 22.9 Å². The number of amides is 1. The van der Waals surface area contributed by atoms with Crippen molar-refractivity contribution in [2.24, 2.45) is 5.92 Å². The molecule has 7 heteroatoms. The lowest BCUT2D eigenvalue weighted by molar-refractivity contribution is 0.102. The average molecular weight is 469 g/mol. The Bertz CT molecular complexity index is 1300. The molecule has 4 aromatic rings. The third-order valence-corrected chi connectivity index (χ3v) is 6.77. The van der Waals surface area contributed by atoms with E-state index in [1.165, 1.54) is 11.1 Å². The first-order chi connectivity index (χ1) is 16.8. The number of imidazole rings is 1. The summed E-state index contributed by atoms with van der Waals surface area (Å²) in [7, 11) is 0. The standard InChI is InChI=1S/C28H32N6O/c1-28(2,3)23-6-4-22(5-7-23)27(35)31-24-19-34-25(30-24)8-9-26(32-34)33-16-12-21(13-17-33)18-20-10-14-29-15-11-20/h4-11,14-15,19,21H,12-13,16-18H2,1-3H3,(H,31,35). The van der Waals surface area contributed by atoms with Gasteiger partial charge in [0.15, 0.2) is 11.5 Å². The highest BCUT2D eigenvalue weighted by Gasteiger charge is 2.21. The minimum atomic E-state index is -0.176. The van der Waals surface area contributed by atoms with Crippen molar-refractivity contribution >= 4 is 23.2 Å². The smallest absolute Gasteiger partial charge is 0.256 e. The van der Waals surface area contributed by atoms with Gasteiger partial charge in [-0.3, -0.25) is 9.78 Å². The van der Waals surface area contributed by atoms with Gasteiger partial charge < -0.3 is 10.2 Å². The molecular weight excluding hydrogens is 436 g/mol. The Kier molecular flexibility index (Phi) is 6.24. The summed E-state index contributed by atoms with van der Waals surface area (Å²) in [4.78, 5) is 23.7. The molecule has 1 saturated heterocycles. The zero-order chi connectivity index (χ0) is 24.4. The number of piperidine rings is 1. The highest BCUT2D eigenvalue weighted by atomic mass is 16.1. The number of hydrogen-bond donors (Lipinski definition) is 1. The van der Waals surface area contributed by atoms with E-state index in [4.69, 9.17) is 5.10 Å². The molecule has 5 rings (SSSR count). The fourth-order valence-electron chi connectivity index (χ4n) is 4.63. The van der Waals surface area contributed by atoms with Gasteiger partial charge in [-0.05, 0) is 78.1 Å². The number of fused-ring (bicyclic) bond motifs is 1. The van der Waals surface area contributed by atoms with Crippen LogP contribution >= 0.6 is 0 Å². The Morgan fingerprint density at radius 3 is 2.40 bits per heavy atom. The van der Waals surface area contributed by atoms with Crippen molar-refractivity contribution in [1.29, 1.82) is 0 Å². The number of anilines is 2. The van der Waals surface area contributed by atoms with Crippen LogP contribution in [0.5, 0.6) is 0 Å². The molecule has 0 atom stereocenters. The largest absolute Gasteiger partial charge is 0.355 e. The number of carbonyl (C=O) groups is 1. The van der Waals surface area contributed by atoms with E-state index >= 15 is 0 Å². The van der Waals surface area contributed by atoms with Crippen LogP contribution < -0.4 is 10.2 Å². The van der Waals surface area contributed by atoms with Crippen LogP contribution in [0.1, 0.15) is 55.1 Å². The number of nitrogens with one attached hydrogen (secondary N) is 1. The molecule has 1 aromatic carbocycles. The second-order valence-electron chi connectivity index (χ2n) is 10.4. The second kappa shape index (κ2) is 9.49. The summed E-state index contributed by atoms with van der Waals surface area (Å²) >= 11 is 0. The molecule has 3 aromatic heterocycles. The molecule has 0 bridgehead atoms. The first-order valence-corrected chi connectivity index (χ1v) is 12.3. The lowest BCUT2D eigenvalue weighted by Gasteiger charge is -2.32. The molecule has 7 nitrogen and oxygen atoms in total. The summed E-state index contributed by atoms with van der Waals surface area (Å²) in [6.45, 7) is 8.44. The summed E-state index contributed by atoms with van der Waals surface area (Å²) in [5, 5.41) is 7.67. The highest BCUT2D eigenvalue weighted by Crippen LogP contribution is 2.25. The predicted molar refractivity (Wildman–Crippen MR) is 139 cm³/mol. The Balaban J connectivity index is 1.22. The molecule has 1 aliphatic heterocycles. The predicted octanol–water partition coefficient (Wildman–Crippen LogP) is 5.13. The molecule has 0 spiro atoms. The summed E-state index contributed by atoms with van der Waals surface area (Å²) < 4.78 is 1.75. The van der Waals surface area contributed by atoms with Crippen LogP contribution in [-0.2, 0) is 11.8 Å². The first kappa shape index (κ1) is 23.0. The molecule has 1 aliphatic rings. The molecule has 0 saturated carbocycles. The van der Waals surface area contributed by atoms with Crippen molar-refractivity contribution in [2.45, 2.75) is 45.4 Å². The first-order valence-electron chi connectivity index (χ1n) is 12.3. The molecule has 4 heterocycles. The monoisotopic (exact) mass is 468 g/mol. The maximum atomic E-state index is 12.7. The Morgan fingerprint density at radius 2 is 1.71 bits per heavy atom. The minimum absolute atomic E-state index is 0.0505. The van der Waals surface area contributed by atoms with Crippen molar-refractivity contribution in [3.05, 3.63) is 83.8 Å². The fourth-order valence-corrected chi connectivity index (χ4v) is 4.63. The average Bonchev–Trinajstić information content (AvgIpc) is 3.26. The third-order valence-electron chi connectivity index (χ3n) is 6.77. The minimum Gasteiger partial charge on any atom is -0.355 e. The van der Waals surface area contributed by atoms with Gasteiger partial charge in [-0.2, -0.15) is 0 Å². The van der Waals surface area contributed by atoms with Crippen molar-refractivity contribution in [3.63, 3.8) is 0 Å². The molecule has 1 N–H and O–H groups in total. The van der Waals surface area contributed by atoms with Crippen molar-refractivity contribution in [3.8, 4) is 0 Å². The molecule has 0 unspecified atom stereocenters. The number of rotatable bonds is 5. The number of carbonyl (C=O) groups excluding carboxylic acids is 1. The number of aromatic nitrogens is 4. The quantitative estimate of drug-likeness (QED) is 0.439. The Morgan fingerprint density at radius 1 is 1.00 bits per heavy atom. The van der Waals surface area contributed by atoms with E-state index in [1.807, 2.05) is 48.8 Å². The third kappa shape index (κ3) is 5.34. The van der Waals surface area contributed by atoms with Gasteiger partial charge in [0, 0.05) is 31.0 Å². The van der Waals surface area contributed by atoms with Crippen molar-refractivity contribution in [2.75, 3.05) is 23.3 Å². The van der Waals surface area contributed by atoms with Crippen LogP contribution in [0, 0.1) is 5.92 Å². The van der Waals surface area contributed by atoms with E-state index < -0.39 is 0 Å². The summed E-state index contributed by atoms with van der Waals surface area (Å²) in [6, 6.07) is 15.9. The van der Waals surface area contributed by atoms with Gasteiger partial charge >= 0.3 is 0 Å². The van der Waals surface area contributed by atoms with Gasteiger partial charge in [-0.25, -0.2) is 9.50 Å². The number of benzene rings is 1. The molecular formula is C28H32N6O. The number of hydrogen-bond acceptors (Lipinski definition) is 5. The molecule has 0 aliphatic carbocycles. The summed E-state index contributed by atoms with van der Waals surface area (Å²) in [6.07, 6.45) is 8.90. The van der Waals surface area contributed by atoms with E-state index in [1.54, 1.807) is 10.7 Å². The van der Waals surface area contributed by atoms with Gasteiger partial charge in [-0.1, -0.05) is 32.9 Å². The fraction of sp³-hybridized carbons (Fsp3) is 0.357. The van der Waals surface area contributed by atoms with Crippen LogP contribution in [0.15, 0.2) is 67.1 Å². The van der Waals surface area contributed by atoms with Gasteiger partial charge in [0.1, 0.15) is 5.82 Å². The Labute approximate surface area is 206 Å². The highest BCUT2D eigenvalue weighted by molar-refractivity contribution is 6.03. The van der Waals surface area contributed by atoms with Crippen LogP contribution in [-0.4, -0.2) is 38.6 Å². The van der Waals surface area contributed by atoms with Crippen LogP contribution in [0.4, 0.5) is 11.6 Å². The molecule has 1 amide bonds. The van der Waals surface area contributed by atoms with Crippen molar-refractivity contribution in [1.82, 2.24) is 19.6 Å². The SMILES string of the molecule is CC(C)(C)c1ccc(C(=O)Nc2cn3nc(N4CCC(Cc5ccncc5)CC4)ccc3n2)cc1. The van der Waals surface area contributed by atoms with Crippen molar-refractivity contribution < 1.29 is 4.79 Å². The van der Waals surface area contributed by atoms with E-state index in [0.717, 1.165) is 38.2 Å². The van der Waals surface area contributed by atoms with E-state index in [2.05, 4.69) is 53.1 Å². The van der Waals surface area contributed by atoms with Gasteiger partial charge in [-0.15, -0.1) is 5.10 Å².